The zero-order valence-corrected chi connectivity index (χ0v) is 23.8. The summed E-state index contributed by atoms with van der Waals surface area (Å²) in [4.78, 5) is 33.3. The maximum absolute atomic E-state index is 14.0. The van der Waals surface area contributed by atoms with Crippen molar-refractivity contribution >= 4 is 12.0 Å². The van der Waals surface area contributed by atoms with Crippen LogP contribution in [0.2, 0.25) is 0 Å². The lowest BCUT2D eigenvalue weighted by atomic mass is 9.83. The van der Waals surface area contributed by atoms with Crippen molar-refractivity contribution in [2.75, 3.05) is 13.1 Å². The Hall–Kier alpha value is -4.16. The Labute approximate surface area is 240 Å². The predicted molar refractivity (Wildman–Crippen MR) is 143 cm³/mol. The molecule has 13 heteroatoms. The van der Waals surface area contributed by atoms with Crippen molar-refractivity contribution in [3.63, 3.8) is 0 Å². The number of likely N-dealkylation sites (tertiary alicyclic amines) is 1. The van der Waals surface area contributed by atoms with Crippen LogP contribution in [0.1, 0.15) is 64.3 Å². The van der Waals surface area contributed by atoms with Crippen LogP contribution in [0.4, 0.5) is 22.4 Å². The molecule has 0 spiro atoms. The first-order chi connectivity index (χ1) is 19.5. The van der Waals surface area contributed by atoms with E-state index in [1.165, 1.54) is 61.2 Å². The number of halogens is 4. The number of carboxylic acid groups (broad SMARTS) is 1. The second-order valence-corrected chi connectivity index (χ2v) is 11.8. The summed E-state index contributed by atoms with van der Waals surface area (Å²) in [5.41, 5.74) is -1.34. The van der Waals surface area contributed by atoms with Crippen LogP contribution < -0.4 is 4.74 Å². The monoisotopic (exact) mass is 592 g/mol. The fourth-order valence-corrected chi connectivity index (χ4v) is 5.62. The van der Waals surface area contributed by atoms with Gasteiger partial charge in [-0.2, -0.15) is 4.98 Å². The van der Waals surface area contributed by atoms with Crippen LogP contribution in [-0.4, -0.2) is 67.6 Å². The first-order valence-corrected chi connectivity index (χ1v) is 13.2. The van der Waals surface area contributed by atoms with Crippen LogP contribution in [0.25, 0.3) is 11.4 Å². The standard InChI is InChI=1S/C29H32F4N4O5/c1-27(2,3)37(26(39)40)28(4,5)25(38)36-15-19(17-9-11-22(12-10-17)41-29(31,32)33)13-20(16-36)24-34-23(35-42-24)18-7-6-8-21(30)14-18/h6-12,14,19-20H,13,15-16H2,1-5H3,(H,39,40). The molecule has 2 atom stereocenters. The molecule has 2 amide bonds. The number of ether oxygens (including phenoxy) is 1. The highest BCUT2D eigenvalue weighted by molar-refractivity contribution is 5.89. The lowest BCUT2D eigenvalue weighted by Gasteiger charge is -2.47. The number of alkyl halides is 3. The van der Waals surface area contributed by atoms with Gasteiger partial charge in [-0.15, -0.1) is 13.2 Å². The molecule has 226 valence electrons. The lowest BCUT2D eigenvalue weighted by molar-refractivity contribution is -0.274. The summed E-state index contributed by atoms with van der Waals surface area (Å²) in [6, 6.07) is 11.1. The third kappa shape index (κ3) is 6.82. The number of piperidine rings is 1. The minimum absolute atomic E-state index is 0.121. The number of benzene rings is 2. The molecule has 2 heterocycles. The Morgan fingerprint density at radius 2 is 1.67 bits per heavy atom. The Morgan fingerprint density at radius 1 is 1.02 bits per heavy atom. The second kappa shape index (κ2) is 11.3. The molecule has 3 aromatic rings. The molecule has 0 bridgehead atoms. The number of rotatable bonds is 6. The summed E-state index contributed by atoms with van der Waals surface area (Å²) in [5, 5.41) is 14.0. The van der Waals surface area contributed by atoms with E-state index in [1.807, 2.05) is 0 Å². The fraction of sp³-hybridized carbons (Fsp3) is 0.448. The molecule has 0 radical (unpaired) electrons. The van der Waals surface area contributed by atoms with Crippen molar-refractivity contribution in [2.45, 2.75) is 70.3 Å². The molecule has 1 saturated heterocycles. The molecule has 2 aromatic carbocycles. The van der Waals surface area contributed by atoms with Gasteiger partial charge in [0.05, 0.1) is 5.92 Å². The van der Waals surface area contributed by atoms with Gasteiger partial charge in [0.1, 0.15) is 17.1 Å². The molecule has 1 fully saturated rings. The summed E-state index contributed by atoms with van der Waals surface area (Å²) in [6.07, 6.45) is -5.70. The van der Waals surface area contributed by atoms with Gasteiger partial charge >= 0.3 is 12.5 Å². The van der Waals surface area contributed by atoms with Gasteiger partial charge in [-0.05, 0) is 70.9 Å². The van der Waals surface area contributed by atoms with Gasteiger partial charge in [0.25, 0.3) is 0 Å². The molecule has 1 aliphatic heterocycles. The van der Waals surface area contributed by atoms with Crippen LogP contribution in [0.15, 0.2) is 53.1 Å². The van der Waals surface area contributed by atoms with Crippen molar-refractivity contribution in [3.05, 3.63) is 65.8 Å². The molecule has 42 heavy (non-hydrogen) atoms. The van der Waals surface area contributed by atoms with Gasteiger partial charge in [-0.3, -0.25) is 9.69 Å². The van der Waals surface area contributed by atoms with Crippen LogP contribution in [-0.2, 0) is 4.79 Å². The Balaban J connectivity index is 1.68. The molecule has 1 N–H and O–H groups in total. The van der Waals surface area contributed by atoms with E-state index < -0.39 is 41.2 Å². The topological polar surface area (TPSA) is 109 Å². The minimum Gasteiger partial charge on any atom is -0.465 e. The molecular formula is C29H32F4N4O5. The molecule has 0 saturated carbocycles. The van der Waals surface area contributed by atoms with Crippen molar-refractivity contribution in [1.82, 2.24) is 19.9 Å². The molecule has 1 aliphatic rings. The number of hydrogen-bond donors (Lipinski definition) is 1. The van der Waals surface area contributed by atoms with Crippen molar-refractivity contribution in [3.8, 4) is 17.1 Å². The summed E-state index contributed by atoms with van der Waals surface area (Å²) >= 11 is 0. The van der Waals surface area contributed by atoms with Crippen LogP contribution >= 0.6 is 0 Å². The highest BCUT2D eigenvalue weighted by atomic mass is 19.4. The number of carbonyl (C=O) groups is 2. The van der Waals surface area contributed by atoms with Crippen LogP contribution in [0, 0.1) is 5.82 Å². The maximum atomic E-state index is 14.0. The van der Waals surface area contributed by atoms with E-state index >= 15 is 0 Å². The number of amides is 2. The van der Waals surface area contributed by atoms with Gasteiger partial charge in [-0.25, -0.2) is 9.18 Å². The van der Waals surface area contributed by atoms with E-state index in [-0.39, 0.29) is 36.5 Å². The van der Waals surface area contributed by atoms with Crippen molar-refractivity contribution < 1.29 is 41.5 Å². The average Bonchev–Trinajstić information content (AvgIpc) is 3.37. The summed E-state index contributed by atoms with van der Waals surface area (Å²) < 4.78 is 61.4. The zero-order chi connectivity index (χ0) is 31.0. The molecule has 4 rings (SSSR count). The highest BCUT2D eigenvalue weighted by Gasteiger charge is 2.48. The zero-order valence-electron chi connectivity index (χ0n) is 23.8. The lowest BCUT2D eigenvalue weighted by Crippen LogP contribution is -2.64. The largest absolute Gasteiger partial charge is 0.573 e. The van der Waals surface area contributed by atoms with Crippen molar-refractivity contribution in [1.29, 1.82) is 0 Å². The van der Waals surface area contributed by atoms with Gasteiger partial charge in [0.15, 0.2) is 0 Å². The van der Waals surface area contributed by atoms with Crippen LogP contribution in [0.5, 0.6) is 5.75 Å². The molecule has 2 unspecified atom stereocenters. The van der Waals surface area contributed by atoms with Crippen molar-refractivity contribution in [2.24, 2.45) is 0 Å². The van der Waals surface area contributed by atoms with E-state index in [2.05, 4.69) is 14.9 Å². The Kier molecular flexibility index (Phi) is 8.25. The Bertz CT molecular complexity index is 1430. The number of aromatic nitrogens is 2. The SMILES string of the molecule is CC(C)(C)N(C(=O)O)C(C)(C)C(=O)N1CC(c2ccc(OC(F)(F)F)cc2)CC(c2nc(-c3cccc(F)c3)no2)C1. The first-order valence-electron chi connectivity index (χ1n) is 13.2. The van der Waals surface area contributed by atoms with E-state index in [0.717, 1.165) is 4.90 Å². The maximum Gasteiger partial charge on any atom is 0.573 e. The quantitative estimate of drug-likeness (QED) is 0.329. The number of nitrogens with zero attached hydrogens (tertiary/aromatic N) is 4. The Morgan fingerprint density at radius 3 is 2.24 bits per heavy atom. The normalized spacial score (nSPS) is 18.1. The van der Waals surface area contributed by atoms with Gasteiger partial charge in [0.2, 0.25) is 17.6 Å². The third-order valence-electron chi connectivity index (χ3n) is 7.14. The minimum atomic E-state index is -4.84. The predicted octanol–water partition coefficient (Wildman–Crippen LogP) is 6.43. The fourth-order valence-electron chi connectivity index (χ4n) is 5.62. The first kappa shape index (κ1) is 30.8. The number of carbonyl (C=O) groups excluding carboxylic acids is 1. The smallest absolute Gasteiger partial charge is 0.465 e. The molecule has 9 nitrogen and oxygen atoms in total. The summed E-state index contributed by atoms with van der Waals surface area (Å²) in [6.45, 7) is 8.42. The van der Waals surface area contributed by atoms with E-state index in [0.29, 0.717) is 17.5 Å². The molecule has 1 aromatic heterocycles. The van der Waals surface area contributed by atoms with Crippen LogP contribution in [0.3, 0.4) is 0 Å². The average molecular weight is 593 g/mol. The molecule has 0 aliphatic carbocycles. The van der Waals surface area contributed by atoms with E-state index in [9.17, 15) is 32.3 Å². The summed E-state index contributed by atoms with van der Waals surface area (Å²) in [5.74, 6) is -1.85. The van der Waals surface area contributed by atoms with E-state index in [4.69, 9.17) is 4.52 Å². The van der Waals surface area contributed by atoms with Gasteiger partial charge in [-0.1, -0.05) is 29.4 Å². The highest BCUT2D eigenvalue weighted by Crippen LogP contribution is 2.39. The third-order valence-corrected chi connectivity index (χ3v) is 7.14. The van der Waals surface area contributed by atoms with Gasteiger partial charge < -0.3 is 19.3 Å². The summed E-state index contributed by atoms with van der Waals surface area (Å²) in [7, 11) is 0. The number of hydrogen-bond acceptors (Lipinski definition) is 6. The molecular weight excluding hydrogens is 560 g/mol. The van der Waals surface area contributed by atoms with E-state index in [1.54, 1.807) is 26.8 Å². The van der Waals surface area contributed by atoms with Gasteiger partial charge in [0, 0.05) is 30.1 Å². The second-order valence-electron chi connectivity index (χ2n) is 11.8.